The number of hydrogen-bond acceptors (Lipinski definition) is 3. The van der Waals surface area contributed by atoms with Crippen LogP contribution < -0.4 is 5.32 Å². The van der Waals surface area contributed by atoms with Crippen molar-refractivity contribution in [2.45, 2.75) is 186 Å². The van der Waals surface area contributed by atoms with Crippen LogP contribution in [0.15, 0.2) is 0 Å². The standard InChI is InChI=1S/C33H66N2S/c1-7-11-15-19-22-32(5,23-20-16-12-8-2)34-30-28-36-31-27-35(26-29(30)31)33(6,24-18-14-10-4)25-21-17-13-9-3/h29-31,34H,7-28H2,1-6H3. The summed E-state index contributed by atoms with van der Waals surface area (Å²) in [4.78, 5) is 2.98. The van der Waals surface area contributed by atoms with E-state index in [-0.39, 0.29) is 0 Å². The van der Waals surface area contributed by atoms with Crippen LogP contribution in [0, 0.1) is 5.92 Å². The monoisotopic (exact) mass is 522 g/mol. The van der Waals surface area contributed by atoms with Gasteiger partial charge < -0.3 is 5.32 Å². The second-order valence-corrected chi connectivity index (χ2v) is 14.4. The molecule has 2 heterocycles. The molecule has 2 aliphatic rings. The van der Waals surface area contributed by atoms with Crippen molar-refractivity contribution in [3.05, 3.63) is 0 Å². The topological polar surface area (TPSA) is 15.3 Å². The molecule has 0 saturated carbocycles. The van der Waals surface area contributed by atoms with E-state index >= 15 is 0 Å². The predicted octanol–water partition coefficient (Wildman–Crippen LogP) is 10.0. The van der Waals surface area contributed by atoms with Crippen molar-refractivity contribution >= 4 is 11.8 Å². The van der Waals surface area contributed by atoms with Gasteiger partial charge in [0.2, 0.25) is 0 Å². The summed E-state index contributed by atoms with van der Waals surface area (Å²) in [6.45, 7) is 17.3. The molecule has 4 atom stereocenters. The summed E-state index contributed by atoms with van der Waals surface area (Å²) < 4.78 is 0. The number of likely N-dealkylation sites (tertiary alicyclic amines) is 1. The summed E-state index contributed by atoms with van der Waals surface area (Å²) in [6.07, 6.45) is 26.4. The Morgan fingerprint density at radius 2 is 1.11 bits per heavy atom. The number of hydrogen-bond donors (Lipinski definition) is 1. The highest BCUT2D eigenvalue weighted by Gasteiger charge is 2.48. The van der Waals surface area contributed by atoms with E-state index in [0.29, 0.717) is 17.1 Å². The van der Waals surface area contributed by atoms with Crippen LogP contribution >= 0.6 is 11.8 Å². The van der Waals surface area contributed by atoms with Gasteiger partial charge in [-0.3, -0.25) is 4.90 Å². The van der Waals surface area contributed by atoms with Crippen LogP contribution in [-0.4, -0.2) is 46.1 Å². The Balaban J connectivity index is 2.00. The molecular formula is C33H66N2S. The van der Waals surface area contributed by atoms with E-state index in [1.54, 1.807) is 0 Å². The minimum Gasteiger partial charge on any atom is -0.308 e. The SMILES string of the molecule is CCCCCCC(C)(CCCCCC)NC1CSC2CN(C(C)(CCCCC)CCCCCC)CC12. The van der Waals surface area contributed by atoms with E-state index in [9.17, 15) is 0 Å². The molecule has 1 N–H and O–H groups in total. The molecule has 0 aromatic heterocycles. The third-order valence-electron chi connectivity index (χ3n) is 9.67. The van der Waals surface area contributed by atoms with E-state index in [0.717, 1.165) is 11.2 Å². The zero-order chi connectivity index (χ0) is 26.3. The fourth-order valence-electron chi connectivity index (χ4n) is 7.03. The largest absolute Gasteiger partial charge is 0.308 e. The quantitative estimate of drug-likeness (QED) is 0.142. The van der Waals surface area contributed by atoms with Crippen LogP contribution in [0.4, 0.5) is 0 Å². The van der Waals surface area contributed by atoms with Crippen molar-refractivity contribution in [1.29, 1.82) is 0 Å². The van der Waals surface area contributed by atoms with Gasteiger partial charge in [-0.25, -0.2) is 0 Å². The lowest BCUT2D eigenvalue weighted by Crippen LogP contribution is -2.52. The van der Waals surface area contributed by atoms with Crippen molar-refractivity contribution in [1.82, 2.24) is 10.2 Å². The predicted molar refractivity (Wildman–Crippen MR) is 165 cm³/mol. The summed E-state index contributed by atoms with van der Waals surface area (Å²) in [6, 6.07) is 0.715. The molecule has 0 amide bonds. The zero-order valence-electron chi connectivity index (χ0n) is 25.6. The first-order valence-corrected chi connectivity index (χ1v) is 17.6. The van der Waals surface area contributed by atoms with Gasteiger partial charge in [-0.2, -0.15) is 11.8 Å². The van der Waals surface area contributed by atoms with E-state index in [2.05, 4.69) is 63.5 Å². The lowest BCUT2D eigenvalue weighted by atomic mass is 9.85. The summed E-state index contributed by atoms with van der Waals surface area (Å²) in [5.41, 5.74) is 0.752. The number of fused-ring (bicyclic) bond motifs is 1. The Bertz CT molecular complexity index is 540. The molecule has 2 aliphatic heterocycles. The van der Waals surface area contributed by atoms with Crippen LogP contribution in [0.1, 0.15) is 164 Å². The molecule has 3 heteroatoms. The first-order chi connectivity index (χ1) is 17.4. The van der Waals surface area contributed by atoms with E-state index < -0.39 is 0 Å². The third-order valence-corrected chi connectivity index (χ3v) is 11.1. The Kier molecular flexibility index (Phi) is 16.0. The maximum Gasteiger partial charge on any atom is 0.0231 e. The van der Waals surface area contributed by atoms with Gasteiger partial charge in [0.25, 0.3) is 0 Å². The van der Waals surface area contributed by atoms with Crippen molar-refractivity contribution in [3.63, 3.8) is 0 Å². The first kappa shape index (κ1) is 32.5. The highest BCUT2D eigenvalue weighted by atomic mass is 32.2. The van der Waals surface area contributed by atoms with Crippen molar-refractivity contribution in [3.8, 4) is 0 Å². The molecular weight excluding hydrogens is 456 g/mol. The van der Waals surface area contributed by atoms with Gasteiger partial charge >= 0.3 is 0 Å². The number of nitrogens with zero attached hydrogens (tertiary/aromatic N) is 1. The first-order valence-electron chi connectivity index (χ1n) is 16.6. The Hall–Kier alpha value is 0.270. The molecule has 4 unspecified atom stereocenters. The molecule has 0 radical (unpaired) electrons. The Labute approximate surface area is 232 Å². The minimum atomic E-state index is 0.333. The van der Waals surface area contributed by atoms with E-state index in [4.69, 9.17) is 0 Å². The highest BCUT2D eigenvalue weighted by molar-refractivity contribution is 8.00. The van der Waals surface area contributed by atoms with Crippen LogP contribution in [0.3, 0.4) is 0 Å². The zero-order valence-corrected chi connectivity index (χ0v) is 26.5. The second kappa shape index (κ2) is 17.8. The molecule has 0 aliphatic carbocycles. The molecule has 0 bridgehead atoms. The Morgan fingerprint density at radius 1 is 0.639 bits per heavy atom. The number of rotatable bonds is 22. The maximum atomic E-state index is 4.35. The third kappa shape index (κ3) is 10.8. The van der Waals surface area contributed by atoms with Gasteiger partial charge in [-0.05, 0) is 39.5 Å². The normalized spacial score (nSPS) is 24.3. The van der Waals surface area contributed by atoms with Crippen LogP contribution in [0.2, 0.25) is 0 Å². The van der Waals surface area contributed by atoms with Crippen molar-refractivity contribution < 1.29 is 0 Å². The summed E-state index contributed by atoms with van der Waals surface area (Å²) in [5, 5.41) is 5.21. The van der Waals surface area contributed by atoms with Gasteiger partial charge in [0.1, 0.15) is 0 Å². The van der Waals surface area contributed by atoms with Gasteiger partial charge in [0, 0.05) is 47.1 Å². The summed E-state index contributed by atoms with van der Waals surface area (Å²) in [5.74, 6) is 2.19. The second-order valence-electron chi connectivity index (χ2n) is 13.1. The number of unbranched alkanes of at least 4 members (excludes halogenated alkanes) is 11. The fourth-order valence-corrected chi connectivity index (χ4v) is 8.63. The Morgan fingerprint density at radius 3 is 1.64 bits per heavy atom. The smallest absolute Gasteiger partial charge is 0.0231 e. The number of nitrogens with one attached hydrogen (secondary N) is 1. The number of thioether (sulfide) groups is 1. The van der Waals surface area contributed by atoms with Gasteiger partial charge in [0.15, 0.2) is 0 Å². The van der Waals surface area contributed by atoms with E-state index in [1.165, 1.54) is 141 Å². The maximum absolute atomic E-state index is 4.35. The van der Waals surface area contributed by atoms with Crippen molar-refractivity contribution in [2.75, 3.05) is 18.8 Å². The lowest BCUT2D eigenvalue weighted by molar-refractivity contribution is 0.0988. The minimum absolute atomic E-state index is 0.333. The molecule has 36 heavy (non-hydrogen) atoms. The van der Waals surface area contributed by atoms with Gasteiger partial charge in [-0.15, -0.1) is 0 Å². The molecule has 2 rings (SSSR count). The van der Waals surface area contributed by atoms with Crippen LogP contribution in [0.25, 0.3) is 0 Å². The highest BCUT2D eigenvalue weighted by Crippen LogP contribution is 2.44. The molecule has 0 aromatic carbocycles. The molecule has 2 fully saturated rings. The van der Waals surface area contributed by atoms with Crippen molar-refractivity contribution in [2.24, 2.45) is 5.92 Å². The molecule has 214 valence electrons. The molecule has 2 nitrogen and oxygen atoms in total. The fraction of sp³-hybridized carbons (Fsp3) is 1.00. The van der Waals surface area contributed by atoms with E-state index in [1.807, 2.05) is 0 Å². The van der Waals surface area contributed by atoms with Gasteiger partial charge in [-0.1, -0.05) is 124 Å². The summed E-state index contributed by atoms with van der Waals surface area (Å²) in [7, 11) is 0. The van der Waals surface area contributed by atoms with Crippen LogP contribution in [0.5, 0.6) is 0 Å². The molecule has 0 spiro atoms. The molecule has 2 saturated heterocycles. The average molecular weight is 523 g/mol. The lowest BCUT2D eigenvalue weighted by Gasteiger charge is -2.41. The summed E-state index contributed by atoms with van der Waals surface area (Å²) >= 11 is 2.30. The average Bonchev–Trinajstić information content (AvgIpc) is 3.45. The van der Waals surface area contributed by atoms with Crippen LogP contribution in [-0.2, 0) is 0 Å². The molecule has 0 aromatic rings. The van der Waals surface area contributed by atoms with Gasteiger partial charge in [0.05, 0.1) is 0 Å².